The number of anilines is 1. The molecule has 104 valence electrons. The molecule has 1 aromatic heterocycles. The topological polar surface area (TPSA) is 69.6 Å². The summed E-state index contributed by atoms with van der Waals surface area (Å²) in [5.74, 6) is -1.02. The number of aromatic carboxylic acids is 1. The lowest BCUT2D eigenvalue weighted by atomic mass is 10.1. The molecule has 1 aromatic rings. The quantitative estimate of drug-likeness (QED) is 0.815. The molecule has 1 rings (SSSR count). The van der Waals surface area contributed by atoms with Gasteiger partial charge in [0.25, 0.3) is 0 Å². The molecule has 0 aromatic carbocycles. The fourth-order valence-electron chi connectivity index (χ4n) is 1.66. The molecule has 0 saturated carbocycles. The number of carboxylic acid groups (broad SMARTS) is 1. The fourth-order valence-corrected chi connectivity index (χ4v) is 2.70. The second-order valence-corrected chi connectivity index (χ2v) is 5.27. The maximum absolute atomic E-state index is 12.0. The van der Waals surface area contributed by atoms with Crippen molar-refractivity contribution in [2.75, 3.05) is 18.4 Å². The van der Waals surface area contributed by atoms with Crippen molar-refractivity contribution in [2.45, 2.75) is 20.8 Å². The number of carbonyl (C=O) groups is 2. The summed E-state index contributed by atoms with van der Waals surface area (Å²) in [5, 5.41) is 12.2. The molecule has 5 nitrogen and oxygen atoms in total. The Kier molecular flexibility index (Phi) is 5.11. The van der Waals surface area contributed by atoms with Gasteiger partial charge in [-0.15, -0.1) is 17.9 Å². The van der Waals surface area contributed by atoms with Gasteiger partial charge in [0.2, 0.25) is 0 Å². The van der Waals surface area contributed by atoms with E-state index >= 15 is 0 Å². The summed E-state index contributed by atoms with van der Waals surface area (Å²) < 4.78 is 0. The molecule has 19 heavy (non-hydrogen) atoms. The maximum Gasteiger partial charge on any atom is 0.338 e. The van der Waals surface area contributed by atoms with E-state index in [1.807, 2.05) is 13.8 Å². The first-order chi connectivity index (χ1) is 8.92. The summed E-state index contributed by atoms with van der Waals surface area (Å²) in [6.07, 6.45) is 1.63. The van der Waals surface area contributed by atoms with Crippen LogP contribution >= 0.6 is 11.3 Å². The van der Waals surface area contributed by atoms with Crippen LogP contribution in [0.5, 0.6) is 0 Å². The Hall–Kier alpha value is -1.82. The van der Waals surface area contributed by atoms with E-state index in [1.165, 1.54) is 11.3 Å². The van der Waals surface area contributed by atoms with Gasteiger partial charge >= 0.3 is 12.0 Å². The molecule has 0 fully saturated rings. The SMILES string of the molecule is C=CCN(CC)C(=O)Nc1sc(C)c(C)c1C(=O)O. The van der Waals surface area contributed by atoms with Crippen LogP contribution in [-0.4, -0.2) is 35.1 Å². The van der Waals surface area contributed by atoms with E-state index in [9.17, 15) is 14.7 Å². The standard InChI is InChI=1S/C13H18N2O3S/c1-5-7-15(6-2)13(18)14-11-10(12(16)17)8(3)9(4)19-11/h5H,1,6-7H2,2-4H3,(H,14,18)(H,16,17). The minimum atomic E-state index is -1.02. The number of carboxylic acids is 1. The van der Waals surface area contributed by atoms with Crippen LogP contribution in [0, 0.1) is 13.8 Å². The van der Waals surface area contributed by atoms with Crippen molar-refractivity contribution in [3.63, 3.8) is 0 Å². The number of carbonyl (C=O) groups excluding carboxylic acids is 1. The van der Waals surface area contributed by atoms with Crippen LogP contribution in [0.3, 0.4) is 0 Å². The van der Waals surface area contributed by atoms with Crippen LogP contribution in [0.15, 0.2) is 12.7 Å². The summed E-state index contributed by atoms with van der Waals surface area (Å²) in [6, 6.07) is -0.314. The van der Waals surface area contributed by atoms with Crippen LogP contribution < -0.4 is 5.32 Å². The van der Waals surface area contributed by atoms with Crippen molar-refractivity contribution in [1.82, 2.24) is 4.90 Å². The highest BCUT2D eigenvalue weighted by molar-refractivity contribution is 7.16. The van der Waals surface area contributed by atoms with Gasteiger partial charge in [0.05, 0.1) is 5.56 Å². The summed E-state index contributed by atoms with van der Waals surface area (Å²) in [7, 11) is 0. The number of aryl methyl sites for hydroxylation is 1. The number of hydrogen-bond donors (Lipinski definition) is 2. The minimum Gasteiger partial charge on any atom is -0.478 e. The largest absolute Gasteiger partial charge is 0.478 e. The zero-order valence-electron chi connectivity index (χ0n) is 11.3. The number of nitrogens with zero attached hydrogens (tertiary/aromatic N) is 1. The molecule has 0 atom stereocenters. The van der Waals surface area contributed by atoms with Crippen LogP contribution in [-0.2, 0) is 0 Å². The van der Waals surface area contributed by atoms with Crippen molar-refractivity contribution in [1.29, 1.82) is 0 Å². The predicted molar refractivity (Wildman–Crippen MR) is 77.2 cm³/mol. The number of likely N-dealkylation sites (N-methyl/N-ethyl adjacent to an activating group) is 1. The average molecular weight is 282 g/mol. The molecular weight excluding hydrogens is 264 g/mol. The Labute approximate surface area is 116 Å². The summed E-state index contributed by atoms with van der Waals surface area (Å²) in [5.41, 5.74) is 0.866. The Morgan fingerprint density at radius 3 is 2.58 bits per heavy atom. The van der Waals surface area contributed by atoms with Crippen LogP contribution in [0.2, 0.25) is 0 Å². The molecule has 0 aliphatic carbocycles. The molecule has 0 saturated heterocycles. The van der Waals surface area contributed by atoms with Gasteiger partial charge in [0.15, 0.2) is 0 Å². The molecule has 2 N–H and O–H groups in total. The summed E-state index contributed by atoms with van der Waals surface area (Å²) in [6.45, 7) is 9.98. The van der Waals surface area contributed by atoms with E-state index in [0.29, 0.717) is 23.7 Å². The van der Waals surface area contributed by atoms with Gasteiger partial charge in [0, 0.05) is 18.0 Å². The van der Waals surface area contributed by atoms with E-state index < -0.39 is 5.97 Å². The van der Waals surface area contributed by atoms with Gasteiger partial charge in [0.1, 0.15) is 5.00 Å². The van der Waals surface area contributed by atoms with Crippen molar-refractivity contribution in [2.24, 2.45) is 0 Å². The lowest BCUT2D eigenvalue weighted by Crippen LogP contribution is -2.34. The van der Waals surface area contributed by atoms with Gasteiger partial charge < -0.3 is 10.0 Å². The Bertz CT molecular complexity index is 508. The van der Waals surface area contributed by atoms with Crippen LogP contribution in [0.1, 0.15) is 27.7 Å². The second-order valence-electron chi connectivity index (χ2n) is 4.05. The molecule has 2 amide bonds. The highest BCUT2D eigenvalue weighted by atomic mass is 32.1. The van der Waals surface area contributed by atoms with Crippen molar-refractivity contribution >= 4 is 28.3 Å². The lowest BCUT2D eigenvalue weighted by molar-refractivity contribution is 0.0697. The van der Waals surface area contributed by atoms with Gasteiger partial charge in [-0.05, 0) is 26.3 Å². The van der Waals surface area contributed by atoms with Crippen LogP contribution in [0.25, 0.3) is 0 Å². The summed E-state index contributed by atoms with van der Waals surface area (Å²) >= 11 is 1.28. The first kappa shape index (κ1) is 15.2. The molecule has 6 heteroatoms. The maximum atomic E-state index is 12.0. The Morgan fingerprint density at radius 2 is 2.11 bits per heavy atom. The van der Waals surface area contributed by atoms with E-state index in [1.54, 1.807) is 17.9 Å². The third kappa shape index (κ3) is 3.35. The van der Waals surface area contributed by atoms with E-state index in [0.717, 1.165) is 4.88 Å². The normalized spacial score (nSPS) is 10.1. The monoisotopic (exact) mass is 282 g/mol. The molecule has 0 aliphatic rings. The number of amides is 2. The molecule has 0 bridgehead atoms. The molecular formula is C13H18N2O3S. The lowest BCUT2D eigenvalue weighted by Gasteiger charge is -2.19. The van der Waals surface area contributed by atoms with Gasteiger partial charge in [-0.1, -0.05) is 6.08 Å². The first-order valence-corrected chi connectivity index (χ1v) is 6.74. The molecule has 0 aliphatic heterocycles. The fraction of sp³-hybridized carbons (Fsp3) is 0.385. The molecule has 1 heterocycles. The van der Waals surface area contributed by atoms with Gasteiger partial charge in [-0.3, -0.25) is 5.32 Å². The number of rotatable bonds is 5. The zero-order chi connectivity index (χ0) is 14.6. The summed E-state index contributed by atoms with van der Waals surface area (Å²) in [4.78, 5) is 25.7. The van der Waals surface area contributed by atoms with Crippen molar-refractivity contribution in [3.8, 4) is 0 Å². The minimum absolute atomic E-state index is 0.172. The van der Waals surface area contributed by atoms with E-state index in [4.69, 9.17) is 0 Å². The third-order valence-electron chi connectivity index (χ3n) is 2.84. The van der Waals surface area contributed by atoms with E-state index in [2.05, 4.69) is 11.9 Å². The van der Waals surface area contributed by atoms with E-state index in [-0.39, 0.29) is 11.6 Å². The van der Waals surface area contributed by atoms with Crippen molar-refractivity contribution < 1.29 is 14.7 Å². The average Bonchev–Trinajstić information content (AvgIpc) is 2.61. The Morgan fingerprint density at radius 1 is 1.47 bits per heavy atom. The highest BCUT2D eigenvalue weighted by Crippen LogP contribution is 2.32. The second kappa shape index (κ2) is 6.38. The number of thiophene rings is 1. The van der Waals surface area contributed by atoms with Gasteiger partial charge in [-0.25, -0.2) is 9.59 Å². The zero-order valence-corrected chi connectivity index (χ0v) is 12.1. The van der Waals surface area contributed by atoms with Gasteiger partial charge in [-0.2, -0.15) is 0 Å². The molecule has 0 radical (unpaired) electrons. The van der Waals surface area contributed by atoms with Crippen LogP contribution in [0.4, 0.5) is 9.80 Å². The smallest absolute Gasteiger partial charge is 0.338 e. The Balaban J connectivity index is 2.99. The van der Waals surface area contributed by atoms with Crippen molar-refractivity contribution in [3.05, 3.63) is 28.7 Å². The highest BCUT2D eigenvalue weighted by Gasteiger charge is 2.21. The number of hydrogen-bond acceptors (Lipinski definition) is 3. The predicted octanol–water partition coefficient (Wildman–Crippen LogP) is 3.10. The molecule has 0 unspecified atom stereocenters. The molecule has 0 spiro atoms. The number of nitrogens with one attached hydrogen (secondary N) is 1. The first-order valence-electron chi connectivity index (χ1n) is 5.92. The number of urea groups is 1. The third-order valence-corrected chi connectivity index (χ3v) is 3.96.